The highest BCUT2D eigenvalue weighted by Gasteiger charge is 2.20. The lowest BCUT2D eigenvalue weighted by atomic mass is 9.85. The molecule has 1 unspecified atom stereocenters. The molecule has 1 aromatic carbocycles. The minimum atomic E-state index is -0.174. The monoisotopic (exact) mass is 252 g/mol. The van der Waals surface area contributed by atoms with E-state index in [9.17, 15) is 4.39 Å². The summed E-state index contributed by atoms with van der Waals surface area (Å²) < 4.78 is 13.0. The second-order valence-electron chi connectivity index (χ2n) is 6.13. The molecule has 0 saturated heterocycles. The number of hydrogen-bond acceptors (Lipinski definition) is 2. The van der Waals surface area contributed by atoms with Gasteiger partial charge in [0.05, 0.1) is 0 Å². The Morgan fingerprint density at radius 1 is 1.33 bits per heavy atom. The first-order valence-electron chi connectivity index (χ1n) is 6.47. The predicted octanol–water partition coefficient (Wildman–Crippen LogP) is 3.02. The highest BCUT2D eigenvalue weighted by Crippen LogP contribution is 2.20. The van der Waals surface area contributed by atoms with Gasteiger partial charge in [-0.05, 0) is 43.1 Å². The smallest absolute Gasteiger partial charge is 0.123 e. The molecule has 0 bridgehead atoms. The summed E-state index contributed by atoms with van der Waals surface area (Å²) in [4.78, 5) is 2.18. The third-order valence-corrected chi connectivity index (χ3v) is 3.28. The van der Waals surface area contributed by atoms with Crippen LogP contribution in [-0.2, 0) is 6.54 Å². The molecule has 0 aliphatic rings. The Bertz CT molecular complexity index is 371. The Balaban J connectivity index is 2.41. The molecule has 102 valence electrons. The van der Waals surface area contributed by atoms with Crippen molar-refractivity contribution >= 4 is 0 Å². The van der Waals surface area contributed by atoms with E-state index in [4.69, 9.17) is 5.73 Å². The number of nitrogens with two attached hydrogens (primary N) is 1. The molecule has 1 rings (SSSR count). The topological polar surface area (TPSA) is 29.3 Å². The van der Waals surface area contributed by atoms with Gasteiger partial charge in [-0.15, -0.1) is 0 Å². The maximum absolute atomic E-state index is 13.0. The minimum absolute atomic E-state index is 0.139. The van der Waals surface area contributed by atoms with Crippen LogP contribution in [0, 0.1) is 11.2 Å². The Hall–Kier alpha value is -0.930. The van der Waals surface area contributed by atoms with E-state index in [-0.39, 0.29) is 17.3 Å². The van der Waals surface area contributed by atoms with Gasteiger partial charge in [0.15, 0.2) is 0 Å². The van der Waals surface area contributed by atoms with Gasteiger partial charge in [-0.25, -0.2) is 4.39 Å². The Morgan fingerprint density at radius 3 is 2.56 bits per heavy atom. The van der Waals surface area contributed by atoms with Crippen molar-refractivity contribution in [1.82, 2.24) is 4.90 Å². The first-order valence-corrected chi connectivity index (χ1v) is 6.47. The molecule has 0 fully saturated rings. The third-order valence-electron chi connectivity index (χ3n) is 3.28. The van der Waals surface area contributed by atoms with Crippen LogP contribution in [0.15, 0.2) is 24.3 Å². The molecule has 18 heavy (non-hydrogen) atoms. The first-order chi connectivity index (χ1) is 8.29. The molecular formula is C15H25FN2. The molecule has 0 heterocycles. The molecule has 2 N–H and O–H groups in total. The normalized spacial score (nSPS) is 13.9. The summed E-state index contributed by atoms with van der Waals surface area (Å²) in [5.74, 6) is -0.174. The lowest BCUT2D eigenvalue weighted by molar-refractivity contribution is 0.251. The summed E-state index contributed by atoms with van der Waals surface area (Å²) in [6, 6.07) is 6.94. The summed E-state index contributed by atoms with van der Waals surface area (Å²) in [6.45, 7) is 8.16. The van der Waals surface area contributed by atoms with E-state index < -0.39 is 0 Å². The lowest BCUT2D eigenvalue weighted by Crippen LogP contribution is -2.37. The zero-order valence-corrected chi connectivity index (χ0v) is 11.9. The highest BCUT2D eigenvalue weighted by molar-refractivity contribution is 5.15. The summed E-state index contributed by atoms with van der Waals surface area (Å²) in [7, 11) is 2.04. The van der Waals surface area contributed by atoms with Crippen LogP contribution >= 0.6 is 0 Å². The second-order valence-corrected chi connectivity index (χ2v) is 6.13. The van der Waals surface area contributed by atoms with Crippen LogP contribution in [0.3, 0.4) is 0 Å². The molecule has 2 nitrogen and oxygen atoms in total. The van der Waals surface area contributed by atoms with E-state index in [2.05, 4.69) is 25.7 Å². The van der Waals surface area contributed by atoms with Crippen LogP contribution < -0.4 is 5.73 Å². The van der Waals surface area contributed by atoms with Crippen molar-refractivity contribution in [3.05, 3.63) is 35.6 Å². The van der Waals surface area contributed by atoms with Crippen molar-refractivity contribution in [3.8, 4) is 0 Å². The molecule has 0 radical (unpaired) electrons. The van der Waals surface area contributed by atoms with Gasteiger partial charge in [0, 0.05) is 12.6 Å². The second kappa shape index (κ2) is 6.30. The first kappa shape index (κ1) is 15.1. The van der Waals surface area contributed by atoms with Crippen molar-refractivity contribution in [3.63, 3.8) is 0 Å². The van der Waals surface area contributed by atoms with Gasteiger partial charge < -0.3 is 10.6 Å². The number of rotatable bonds is 5. The van der Waals surface area contributed by atoms with Crippen LogP contribution in [0.5, 0.6) is 0 Å². The van der Waals surface area contributed by atoms with Gasteiger partial charge in [0.1, 0.15) is 5.82 Å². The molecule has 0 saturated carbocycles. The van der Waals surface area contributed by atoms with Gasteiger partial charge in [-0.1, -0.05) is 32.9 Å². The van der Waals surface area contributed by atoms with Crippen LogP contribution in [-0.4, -0.2) is 24.5 Å². The maximum atomic E-state index is 13.0. The van der Waals surface area contributed by atoms with E-state index in [0.717, 1.165) is 25.1 Å². The van der Waals surface area contributed by atoms with Crippen molar-refractivity contribution in [2.45, 2.75) is 39.8 Å². The number of benzene rings is 1. The Labute approximate surface area is 110 Å². The number of hydrogen-bond donors (Lipinski definition) is 1. The quantitative estimate of drug-likeness (QED) is 0.873. The van der Waals surface area contributed by atoms with Crippen LogP contribution in [0.4, 0.5) is 4.39 Å². The number of nitrogens with zero attached hydrogens (tertiary/aromatic N) is 1. The fraction of sp³-hybridized carbons (Fsp3) is 0.600. The van der Waals surface area contributed by atoms with Gasteiger partial charge in [0.2, 0.25) is 0 Å². The Morgan fingerprint density at radius 2 is 2.00 bits per heavy atom. The van der Waals surface area contributed by atoms with E-state index in [0.29, 0.717) is 0 Å². The largest absolute Gasteiger partial charge is 0.327 e. The SMILES string of the molecule is CN(CCC(N)C(C)(C)C)Cc1cccc(F)c1. The summed E-state index contributed by atoms with van der Waals surface area (Å²) in [5, 5.41) is 0. The van der Waals surface area contributed by atoms with E-state index >= 15 is 0 Å². The van der Waals surface area contributed by atoms with E-state index in [1.165, 1.54) is 6.07 Å². The zero-order chi connectivity index (χ0) is 13.8. The van der Waals surface area contributed by atoms with Crippen LogP contribution in [0.2, 0.25) is 0 Å². The number of halogens is 1. The van der Waals surface area contributed by atoms with E-state index in [1.54, 1.807) is 12.1 Å². The fourth-order valence-electron chi connectivity index (χ4n) is 1.82. The van der Waals surface area contributed by atoms with Crippen LogP contribution in [0.1, 0.15) is 32.8 Å². The van der Waals surface area contributed by atoms with Crippen molar-refractivity contribution in [2.24, 2.45) is 11.1 Å². The summed E-state index contributed by atoms with van der Waals surface area (Å²) in [5.41, 5.74) is 7.27. The maximum Gasteiger partial charge on any atom is 0.123 e. The van der Waals surface area contributed by atoms with Gasteiger partial charge in [-0.2, -0.15) is 0 Å². The molecule has 0 amide bonds. The van der Waals surface area contributed by atoms with Gasteiger partial charge >= 0.3 is 0 Å². The van der Waals surface area contributed by atoms with Crippen molar-refractivity contribution in [2.75, 3.05) is 13.6 Å². The Kier molecular flexibility index (Phi) is 5.29. The third kappa shape index (κ3) is 5.15. The molecule has 1 aromatic rings. The van der Waals surface area contributed by atoms with Crippen molar-refractivity contribution < 1.29 is 4.39 Å². The zero-order valence-electron chi connectivity index (χ0n) is 11.9. The predicted molar refractivity (Wildman–Crippen MR) is 74.8 cm³/mol. The van der Waals surface area contributed by atoms with Crippen molar-refractivity contribution in [1.29, 1.82) is 0 Å². The average molecular weight is 252 g/mol. The molecule has 1 atom stereocenters. The average Bonchev–Trinajstić information content (AvgIpc) is 2.24. The molecular weight excluding hydrogens is 227 g/mol. The molecule has 0 aromatic heterocycles. The van der Waals surface area contributed by atoms with Gasteiger partial charge in [0.25, 0.3) is 0 Å². The molecule has 0 aliphatic heterocycles. The lowest BCUT2D eigenvalue weighted by Gasteiger charge is -2.28. The highest BCUT2D eigenvalue weighted by atomic mass is 19.1. The standard InChI is InChI=1S/C15H25FN2/c1-15(2,3)14(17)8-9-18(4)11-12-6-5-7-13(16)10-12/h5-7,10,14H,8-9,11,17H2,1-4H3. The van der Waals surface area contributed by atoms with Gasteiger partial charge in [-0.3, -0.25) is 0 Å². The molecule has 3 heteroatoms. The summed E-state index contributed by atoms with van der Waals surface area (Å²) in [6.07, 6.45) is 0.954. The molecule has 0 spiro atoms. The molecule has 0 aliphatic carbocycles. The summed E-state index contributed by atoms with van der Waals surface area (Å²) >= 11 is 0. The minimum Gasteiger partial charge on any atom is -0.327 e. The fourth-order valence-corrected chi connectivity index (χ4v) is 1.82. The van der Waals surface area contributed by atoms with Crippen LogP contribution in [0.25, 0.3) is 0 Å². The van der Waals surface area contributed by atoms with E-state index in [1.807, 2.05) is 13.1 Å².